The molecule has 1 aliphatic rings. The van der Waals surface area contributed by atoms with E-state index in [9.17, 15) is 5.11 Å². The van der Waals surface area contributed by atoms with Crippen LogP contribution in [0.1, 0.15) is 44.6 Å². The molecule has 3 atom stereocenters. The zero-order valence-corrected chi connectivity index (χ0v) is 13.2. The van der Waals surface area contributed by atoms with E-state index in [-0.39, 0.29) is 6.61 Å². The van der Waals surface area contributed by atoms with Crippen LogP contribution in [0.15, 0.2) is 30.3 Å². The molecule has 0 aromatic heterocycles. The van der Waals surface area contributed by atoms with Crippen LogP contribution in [0.2, 0.25) is 0 Å². The molecule has 1 aromatic carbocycles. The van der Waals surface area contributed by atoms with E-state index < -0.39 is 5.54 Å². The summed E-state index contributed by atoms with van der Waals surface area (Å²) in [6.45, 7) is 2.37. The third-order valence-corrected chi connectivity index (χ3v) is 5.76. The van der Waals surface area contributed by atoms with Gasteiger partial charge in [0, 0.05) is 5.25 Å². The van der Waals surface area contributed by atoms with Gasteiger partial charge in [-0.3, -0.25) is 0 Å². The van der Waals surface area contributed by atoms with E-state index in [2.05, 4.69) is 6.92 Å². The summed E-state index contributed by atoms with van der Waals surface area (Å²) in [4.78, 5) is 0. The second-order valence-electron chi connectivity index (χ2n) is 6.19. The first-order valence-corrected chi connectivity index (χ1v) is 8.76. The molecule has 1 aromatic rings. The minimum Gasteiger partial charge on any atom is -0.394 e. The van der Waals surface area contributed by atoms with Gasteiger partial charge in [0.15, 0.2) is 0 Å². The van der Waals surface area contributed by atoms with E-state index in [0.29, 0.717) is 0 Å². The molecular weight excluding hydrogens is 266 g/mol. The molecule has 0 radical (unpaired) electrons. The molecule has 112 valence electrons. The summed E-state index contributed by atoms with van der Waals surface area (Å²) in [5.74, 6) is 1.90. The number of nitrogens with two attached hydrogens (primary N) is 1. The van der Waals surface area contributed by atoms with Gasteiger partial charge < -0.3 is 10.8 Å². The van der Waals surface area contributed by atoms with Gasteiger partial charge in [0.2, 0.25) is 0 Å². The summed E-state index contributed by atoms with van der Waals surface area (Å²) >= 11 is 2.05. The lowest BCUT2D eigenvalue weighted by Gasteiger charge is -2.30. The molecule has 3 heteroatoms. The third-order valence-electron chi connectivity index (χ3n) is 4.42. The van der Waals surface area contributed by atoms with Crippen LogP contribution in [0.4, 0.5) is 0 Å². The molecule has 3 N–H and O–H groups in total. The molecule has 1 aliphatic carbocycles. The van der Waals surface area contributed by atoms with Crippen molar-refractivity contribution in [3.8, 4) is 0 Å². The molecule has 3 unspecified atom stereocenters. The Bertz CT molecular complexity index is 397. The van der Waals surface area contributed by atoms with Crippen molar-refractivity contribution in [1.82, 2.24) is 0 Å². The molecule has 0 amide bonds. The Kier molecular flexibility index (Phi) is 5.94. The average Bonchev–Trinajstić information content (AvgIpc) is 2.48. The Labute approximate surface area is 127 Å². The first kappa shape index (κ1) is 15.9. The fraction of sp³-hybridized carbons (Fsp3) is 0.647. The van der Waals surface area contributed by atoms with Crippen molar-refractivity contribution >= 4 is 11.8 Å². The fourth-order valence-corrected chi connectivity index (χ4v) is 4.64. The Morgan fingerprint density at radius 2 is 2.05 bits per heavy atom. The minimum absolute atomic E-state index is 0.0125. The van der Waals surface area contributed by atoms with Gasteiger partial charge in [-0.05, 0) is 36.5 Å². The SMILES string of the molecule is CC1CCCC(SCCC(N)(CO)c2ccccc2)C1. The molecule has 0 aliphatic heterocycles. The van der Waals surface area contributed by atoms with Gasteiger partial charge in [-0.15, -0.1) is 0 Å². The van der Waals surface area contributed by atoms with Crippen LogP contribution in [0.5, 0.6) is 0 Å². The zero-order chi connectivity index (χ0) is 14.4. The van der Waals surface area contributed by atoms with Gasteiger partial charge in [-0.1, -0.05) is 50.1 Å². The molecule has 20 heavy (non-hydrogen) atoms. The molecule has 2 rings (SSSR count). The largest absolute Gasteiger partial charge is 0.394 e. The molecule has 1 saturated carbocycles. The Morgan fingerprint density at radius 1 is 1.30 bits per heavy atom. The Morgan fingerprint density at radius 3 is 2.70 bits per heavy atom. The summed E-state index contributed by atoms with van der Waals surface area (Å²) in [5, 5.41) is 10.5. The van der Waals surface area contributed by atoms with Gasteiger partial charge in [-0.25, -0.2) is 0 Å². The third kappa shape index (κ3) is 4.24. The van der Waals surface area contributed by atoms with Crippen molar-refractivity contribution in [2.75, 3.05) is 12.4 Å². The van der Waals surface area contributed by atoms with Crippen LogP contribution in [-0.4, -0.2) is 22.7 Å². The topological polar surface area (TPSA) is 46.2 Å². The van der Waals surface area contributed by atoms with Crippen molar-refractivity contribution < 1.29 is 5.11 Å². The molecule has 0 saturated heterocycles. The van der Waals surface area contributed by atoms with Gasteiger partial charge in [-0.2, -0.15) is 11.8 Å². The Balaban J connectivity index is 1.84. The zero-order valence-electron chi connectivity index (χ0n) is 12.4. The molecule has 0 spiro atoms. The van der Waals surface area contributed by atoms with Crippen LogP contribution in [0.25, 0.3) is 0 Å². The lowest BCUT2D eigenvalue weighted by Crippen LogP contribution is -2.41. The second kappa shape index (κ2) is 7.48. The lowest BCUT2D eigenvalue weighted by atomic mass is 9.89. The monoisotopic (exact) mass is 293 g/mol. The number of benzene rings is 1. The second-order valence-corrected chi connectivity index (χ2v) is 7.60. The van der Waals surface area contributed by atoms with Gasteiger partial charge in [0.05, 0.1) is 12.1 Å². The summed E-state index contributed by atoms with van der Waals surface area (Å²) in [5.41, 5.74) is 6.85. The number of aliphatic hydroxyl groups excluding tert-OH is 1. The van der Waals surface area contributed by atoms with Crippen LogP contribution in [-0.2, 0) is 5.54 Å². The molecule has 2 nitrogen and oxygen atoms in total. The smallest absolute Gasteiger partial charge is 0.0653 e. The van der Waals surface area contributed by atoms with E-state index >= 15 is 0 Å². The van der Waals surface area contributed by atoms with Gasteiger partial charge in [0.25, 0.3) is 0 Å². The number of hydrogen-bond donors (Lipinski definition) is 2. The quantitative estimate of drug-likeness (QED) is 0.843. The first-order valence-electron chi connectivity index (χ1n) is 7.71. The van der Waals surface area contributed by atoms with Crippen molar-refractivity contribution in [3.05, 3.63) is 35.9 Å². The van der Waals surface area contributed by atoms with E-state index in [1.54, 1.807) is 0 Å². The van der Waals surface area contributed by atoms with Crippen LogP contribution in [0.3, 0.4) is 0 Å². The number of hydrogen-bond acceptors (Lipinski definition) is 3. The van der Waals surface area contributed by atoms with Crippen molar-refractivity contribution in [3.63, 3.8) is 0 Å². The summed E-state index contributed by atoms with van der Waals surface area (Å²) in [6, 6.07) is 10.00. The molecule has 1 fully saturated rings. The highest BCUT2D eigenvalue weighted by atomic mass is 32.2. The summed E-state index contributed by atoms with van der Waals surface area (Å²) < 4.78 is 0. The lowest BCUT2D eigenvalue weighted by molar-refractivity contribution is 0.193. The highest BCUT2D eigenvalue weighted by molar-refractivity contribution is 7.99. The van der Waals surface area contributed by atoms with E-state index in [1.807, 2.05) is 42.1 Å². The maximum absolute atomic E-state index is 9.68. The molecular formula is C17H27NOS. The summed E-state index contributed by atoms with van der Waals surface area (Å²) in [6.07, 6.45) is 6.27. The number of thioether (sulfide) groups is 1. The normalized spacial score (nSPS) is 26.1. The van der Waals surface area contributed by atoms with Crippen LogP contribution in [0, 0.1) is 5.92 Å². The maximum atomic E-state index is 9.68. The van der Waals surface area contributed by atoms with Crippen molar-refractivity contribution in [1.29, 1.82) is 0 Å². The van der Waals surface area contributed by atoms with Crippen molar-refractivity contribution in [2.24, 2.45) is 11.7 Å². The molecule has 0 heterocycles. The predicted octanol–water partition coefficient (Wildman–Crippen LogP) is 3.53. The highest BCUT2D eigenvalue weighted by Gasteiger charge is 2.27. The standard InChI is InChI=1S/C17H27NOS/c1-14-6-5-9-16(12-14)20-11-10-17(18,13-19)15-7-3-2-4-8-15/h2-4,7-8,14,16,19H,5-6,9-13,18H2,1H3. The van der Waals surface area contributed by atoms with Gasteiger partial charge in [0.1, 0.15) is 0 Å². The van der Waals surface area contributed by atoms with E-state index in [1.165, 1.54) is 25.7 Å². The van der Waals surface area contributed by atoms with Crippen LogP contribution >= 0.6 is 11.8 Å². The Hall–Kier alpha value is -0.510. The fourth-order valence-electron chi connectivity index (χ4n) is 3.02. The average molecular weight is 293 g/mol. The van der Waals surface area contributed by atoms with Gasteiger partial charge >= 0.3 is 0 Å². The first-order chi connectivity index (χ1) is 9.64. The van der Waals surface area contributed by atoms with Crippen molar-refractivity contribution in [2.45, 2.75) is 49.8 Å². The maximum Gasteiger partial charge on any atom is 0.0653 e. The summed E-state index contributed by atoms with van der Waals surface area (Å²) in [7, 11) is 0. The van der Waals surface area contributed by atoms with Crippen LogP contribution < -0.4 is 5.73 Å². The number of aliphatic hydroxyl groups is 1. The highest BCUT2D eigenvalue weighted by Crippen LogP contribution is 2.33. The predicted molar refractivity (Wildman–Crippen MR) is 87.9 cm³/mol. The van der Waals surface area contributed by atoms with E-state index in [4.69, 9.17) is 5.73 Å². The molecule has 0 bridgehead atoms. The minimum atomic E-state index is -0.589. The van der Waals surface area contributed by atoms with E-state index in [0.717, 1.165) is 28.9 Å². The number of rotatable bonds is 6.